The van der Waals surface area contributed by atoms with Gasteiger partial charge in [-0.3, -0.25) is 14.1 Å². The summed E-state index contributed by atoms with van der Waals surface area (Å²) in [6.07, 6.45) is 4.17. The van der Waals surface area contributed by atoms with Crippen LogP contribution in [0.1, 0.15) is 58.9 Å². The van der Waals surface area contributed by atoms with Crippen LogP contribution in [0.15, 0.2) is 29.1 Å². The number of fused-ring (bicyclic) bond motifs is 1. The van der Waals surface area contributed by atoms with Crippen LogP contribution in [0.25, 0.3) is 22.2 Å². The van der Waals surface area contributed by atoms with E-state index >= 15 is 8.78 Å². The van der Waals surface area contributed by atoms with Crippen molar-refractivity contribution in [2.24, 2.45) is 0 Å². The van der Waals surface area contributed by atoms with Gasteiger partial charge in [0.25, 0.3) is 5.56 Å². The summed E-state index contributed by atoms with van der Waals surface area (Å²) in [5.41, 5.74) is -2.31. The zero-order valence-corrected chi connectivity index (χ0v) is 26.0. The van der Waals surface area contributed by atoms with Gasteiger partial charge >= 0.3 is 0 Å². The highest BCUT2D eigenvalue weighted by molar-refractivity contribution is 7.92. The molecule has 0 atom stereocenters. The van der Waals surface area contributed by atoms with E-state index in [0.717, 1.165) is 32.2 Å². The molecule has 0 unspecified atom stereocenters. The maximum Gasteiger partial charge on any atom is 0.260 e. The molecule has 13 heteroatoms. The second-order valence-corrected chi connectivity index (χ2v) is 13.2. The van der Waals surface area contributed by atoms with Gasteiger partial charge in [-0.15, -0.1) is 0 Å². The smallest absolute Gasteiger partial charge is 0.260 e. The molecule has 236 valence electrons. The first-order valence-corrected chi connectivity index (χ1v) is 16.2. The van der Waals surface area contributed by atoms with Crippen LogP contribution in [0.5, 0.6) is 0 Å². The summed E-state index contributed by atoms with van der Waals surface area (Å²) in [6.45, 7) is 6.68. The molecule has 1 aromatic carbocycles. The Morgan fingerprint density at radius 3 is 2.42 bits per heavy atom. The third kappa shape index (κ3) is 7.32. The highest BCUT2D eigenvalue weighted by atomic mass is 32.2. The summed E-state index contributed by atoms with van der Waals surface area (Å²) >= 11 is 0. The Morgan fingerprint density at radius 1 is 1.09 bits per heavy atom. The largest absolute Gasteiger partial charge is 0.383 e. The van der Waals surface area contributed by atoms with Crippen LogP contribution < -0.4 is 15.6 Å². The van der Waals surface area contributed by atoms with Crippen LogP contribution in [0.3, 0.4) is 0 Å². The summed E-state index contributed by atoms with van der Waals surface area (Å²) in [5, 5.41) is 3.96. The third-order valence-electron chi connectivity index (χ3n) is 7.90. The topological polar surface area (TPSA) is 106 Å². The van der Waals surface area contributed by atoms with Crippen LogP contribution in [-0.4, -0.2) is 68.0 Å². The number of aromatic nitrogens is 2. The fourth-order valence-electron chi connectivity index (χ4n) is 5.61. The van der Waals surface area contributed by atoms with E-state index < -0.39 is 56.1 Å². The number of benzene rings is 1. The lowest BCUT2D eigenvalue weighted by Crippen LogP contribution is -2.39. The summed E-state index contributed by atoms with van der Waals surface area (Å²) in [5.74, 6) is -4.38. The number of pyridine rings is 2. The molecule has 1 fully saturated rings. The fourth-order valence-corrected chi connectivity index (χ4v) is 6.75. The maximum atomic E-state index is 15.3. The van der Waals surface area contributed by atoms with E-state index in [0.29, 0.717) is 35.6 Å². The van der Waals surface area contributed by atoms with Crippen LogP contribution in [-0.2, 0) is 14.8 Å². The van der Waals surface area contributed by atoms with Crippen LogP contribution in [0.2, 0.25) is 0 Å². The van der Waals surface area contributed by atoms with Crippen LogP contribution in [0, 0.1) is 17.5 Å². The minimum Gasteiger partial charge on any atom is -0.383 e. The van der Waals surface area contributed by atoms with Gasteiger partial charge in [0.2, 0.25) is 10.0 Å². The van der Waals surface area contributed by atoms with Gasteiger partial charge in [0.15, 0.2) is 17.5 Å². The monoisotopic (exact) mass is 623 g/mol. The zero-order valence-electron chi connectivity index (χ0n) is 25.2. The molecule has 0 amide bonds. The van der Waals surface area contributed by atoms with E-state index in [1.54, 1.807) is 44.7 Å². The average Bonchev–Trinajstić information content (AvgIpc) is 2.96. The van der Waals surface area contributed by atoms with Crippen molar-refractivity contribution in [1.82, 2.24) is 14.5 Å². The Bertz CT molecular complexity index is 1620. The third-order valence-corrected chi connectivity index (χ3v) is 9.36. The van der Waals surface area contributed by atoms with Gasteiger partial charge in [0.05, 0.1) is 17.9 Å². The Hall–Kier alpha value is -3.16. The number of likely N-dealkylation sites (N-methyl/N-ethyl adjacent to an activating group) is 1. The lowest BCUT2D eigenvalue weighted by atomic mass is 9.90. The van der Waals surface area contributed by atoms with Gasteiger partial charge in [-0.25, -0.2) is 26.6 Å². The first-order valence-electron chi connectivity index (χ1n) is 14.6. The van der Waals surface area contributed by atoms with E-state index in [-0.39, 0.29) is 18.0 Å². The van der Waals surface area contributed by atoms with Crippen molar-refractivity contribution in [3.63, 3.8) is 0 Å². The van der Waals surface area contributed by atoms with Gasteiger partial charge in [0, 0.05) is 42.7 Å². The molecule has 0 bridgehead atoms. The molecule has 0 aliphatic heterocycles. The molecule has 4 rings (SSSR count). The Balaban J connectivity index is 1.65. The van der Waals surface area contributed by atoms with Crippen molar-refractivity contribution in [2.75, 3.05) is 43.1 Å². The van der Waals surface area contributed by atoms with Crippen molar-refractivity contribution in [2.45, 2.75) is 71.0 Å². The highest BCUT2D eigenvalue weighted by Gasteiger charge is 2.27. The standard InChI is InChI=1S/C30H40F3N5O4S/c1-6-15-43(40,41)36-28-24(31)17-22(26(32)27(28)33)23-16-19-7-12-25(35-29(19)38(18(2)3)30(23)39)34-20-8-10-21(11-9-20)37(4)13-14-42-5/h7,12,16-18,20-21,36H,6,8-11,13-15H2,1-5H3,(H,34,35). The number of methoxy groups -OCH3 is 1. The van der Waals surface area contributed by atoms with Gasteiger partial charge in [-0.2, -0.15) is 0 Å². The summed E-state index contributed by atoms with van der Waals surface area (Å²) in [6, 6.07) is 5.78. The van der Waals surface area contributed by atoms with Crippen molar-refractivity contribution >= 4 is 32.6 Å². The number of ether oxygens (including phenoxy) is 1. The van der Waals surface area contributed by atoms with Gasteiger partial charge in [-0.05, 0) is 77.3 Å². The predicted molar refractivity (Wildman–Crippen MR) is 164 cm³/mol. The zero-order chi connectivity index (χ0) is 31.5. The Kier molecular flexibility index (Phi) is 10.4. The van der Waals surface area contributed by atoms with E-state index in [1.807, 2.05) is 0 Å². The lowest BCUT2D eigenvalue weighted by molar-refractivity contribution is 0.121. The Morgan fingerprint density at radius 2 is 1.79 bits per heavy atom. The Labute approximate surface area is 250 Å². The van der Waals surface area contributed by atoms with Crippen molar-refractivity contribution in [3.8, 4) is 11.1 Å². The van der Waals surface area contributed by atoms with Gasteiger partial charge in [0.1, 0.15) is 17.2 Å². The van der Waals surface area contributed by atoms with Gasteiger partial charge < -0.3 is 15.0 Å². The van der Waals surface area contributed by atoms with E-state index in [2.05, 4.69) is 17.3 Å². The molecule has 0 radical (unpaired) electrons. The minimum atomic E-state index is -4.09. The van der Waals surface area contributed by atoms with Gasteiger partial charge in [-0.1, -0.05) is 6.92 Å². The highest BCUT2D eigenvalue weighted by Crippen LogP contribution is 2.33. The van der Waals surface area contributed by atoms with Crippen molar-refractivity contribution < 1.29 is 26.3 Å². The average molecular weight is 624 g/mol. The van der Waals surface area contributed by atoms with Crippen LogP contribution in [0.4, 0.5) is 24.7 Å². The second kappa shape index (κ2) is 13.6. The molecule has 2 aromatic heterocycles. The molecule has 1 aliphatic carbocycles. The molecular weight excluding hydrogens is 583 g/mol. The number of hydrogen-bond donors (Lipinski definition) is 2. The maximum absolute atomic E-state index is 15.3. The van der Waals surface area contributed by atoms with Crippen LogP contribution >= 0.6 is 0 Å². The molecule has 9 nitrogen and oxygen atoms in total. The summed E-state index contributed by atoms with van der Waals surface area (Å²) in [4.78, 5) is 20.7. The molecule has 1 aliphatic rings. The normalized spacial score (nSPS) is 17.6. The first-order chi connectivity index (χ1) is 20.4. The number of rotatable bonds is 12. The molecule has 43 heavy (non-hydrogen) atoms. The fraction of sp³-hybridized carbons (Fsp3) is 0.533. The number of sulfonamides is 1. The SMILES string of the molecule is CCCS(=O)(=O)Nc1c(F)cc(-c2cc3ccc(NC4CCC(N(C)CCOC)CC4)nc3n(C(C)C)c2=O)c(F)c1F. The second-order valence-electron chi connectivity index (χ2n) is 11.4. The van der Waals surface area contributed by atoms with Crippen molar-refractivity contribution in [3.05, 3.63) is 52.1 Å². The number of nitrogens with one attached hydrogen (secondary N) is 2. The number of nitrogens with zero attached hydrogens (tertiary/aromatic N) is 3. The van der Waals surface area contributed by atoms with E-state index in [4.69, 9.17) is 9.72 Å². The number of anilines is 2. The molecule has 1 saturated carbocycles. The molecule has 0 spiro atoms. The molecular formula is C30H40F3N5O4S. The molecule has 3 aromatic rings. The number of halogens is 3. The van der Waals surface area contributed by atoms with Crippen molar-refractivity contribution in [1.29, 1.82) is 0 Å². The van der Waals surface area contributed by atoms with E-state index in [9.17, 15) is 17.6 Å². The first kappa shape index (κ1) is 32.7. The molecule has 2 heterocycles. The molecule has 0 saturated heterocycles. The molecule has 2 N–H and O–H groups in total. The summed E-state index contributed by atoms with van der Waals surface area (Å²) in [7, 11) is -0.279. The quantitative estimate of drug-likeness (QED) is 0.256. The predicted octanol–water partition coefficient (Wildman–Crippen LogP) is 5.51. The summed E-state index contributed by atoms with van der Waals surface area (Å²) < 4.78 is 77.8. The van der Waals surface area contributed by atoms with E-state index in [1.165, 1.54) is 10.6 Å². The minimum absolute atomic E-state index is 0.199. The lowest BCUT2D eigenvalue weighted by Gasteiger charge is -2.35. The number of hydrogen-bond acceptors (Lipinski definition) is 7.